The summed E-state index contributed by atoms with van der Waals surface area (Å²) in [5, 5.41) is 16.6. The molecule has 2 aromatic carbocycles. The minimum absolute atomic E-state index is 0.168. The zero-order valence-corrected chi connectivity index (χ0v) is 15.8. The van der Waals surface area contributed by atoms with E-state index in [0.29, 0.717) is 35.5 Å². The Labute approximate surface area is 170 Å². The van der Waals surface area contributed by atoms with Crippen molar-refractivity contribution in [1.29, 1.82) is 0 Å². The highest BCUT2D eigenvalue weighted by Crippen LogP contribution is 2.30. The first kappa shape index (κ1) is 18.0. The van der Waals surface area contributed by atoms with Crippen LogP contribution in [0.3, 0.4) is 0 Å². The van der Waals surface area contributed by atoms with Gasteiger partial charge in [-0.3, -0.25) is 14.4 Å². The summed E-state index contributed by atoms with van der Waals surface area (Å²) in [4.78, 5) is 39.5. The fourth-order valence-electron chi connectivity index (χ4n) is 3.81. The Balaban J connectivity index is 1.37. The minimum atomic E-state index is -0.429. The standard InChI is InChI=1S/C20H17N7O3/c28-18(12-3-6-14(7-4-12)27-11-21-24-25-27)22-13-5-8-16-15(10-13)20(30)26-9-1-2-17(26)19(29)23-16/h3-8,10-11,17H,1-2,9H2,(H,22,28)(H,23,29). The molecule has 0 saturated carbocycles. The van der Waals surface area contributed by atoms with E-state index in [9.17, 15) is 14.4 Å². The number of carbonyl (C=O) groups excluding carboxylic acids is 3. The van der Waals surface area contributed by atoms with Crippen molar-refractivity contribution in [2.75, 3.05) is 17.2 Å². The lowest BCUT2D eigenvalue weighted by Crippen LogP contribution is -2.40. The van der Waals surface area contributed by atoms with Crippen LogP contribution in [0.1, 0.15) is 33.6 Å². The monoisotopic (exact) mass is 403 g/mol. The van der Waals surface area contributed by atoms with Gasteiger partial charge in [-0.1, -0.05) is 0 Å². The predicted molar refractivity (Wildman–Crippen MR) is 106 cm³/mol. The van der Waals surface area contributed by atoms with Gasteiger partial charge < -0.3 is 15.5 Å². The number of rotatable bonds is 3. The lowest BCUT2D eigenvalue weighted by Gasteiger charge is -2.20. The maximum atomic E-state index is 12.9. The van der Waals surface area contributed by atoms with Gasteiger partial charge in [-0.2, -0.15) is 0 Å². The van der Waals surface area contributed by atoms with E-state index in [2.05, 4.69) is 26.2 Å². The number of hydrogen-bond donors (Lipinski definition) is 2. The molecule has 30 heavy (non-hydrogen) atoms. The van der Waals surface area contributed by atoms with E-state index < -0.39 is 6.04 Å². The SMILES string of the molecule is O=C(Nc1ccc2c(c1)C(=O)N1CCCC1C(=O)N2)c1ccc(-n2cnnn2)cc1. The average molecular weight is 403 g/mol. The maximum Gasteiger partial charge on any atom is 0.256 e. The molecule has 0 bridgehead atoms. The molecule has 1 saturated heterocycles. The summed E-state index contributed by atoms with van der Waals surface area (Å²) in [5.74, 6) is -0.686. The highest BCUT2D eigenvalue weighted by Gasteiger charge is 2.38. The van der Waals surface area contributed by atoms with Crippen molar-refractivity contribution in [2.24, 2.45) is 0 Å². The molecule has 0 aliphatic carbocycles. The number of nitrogens with one attached hydrogen (secondary N) is 2. The summed E-state index contributed by atoms with van der Waals surface area (Å²) in [6.07, 6.45) is 2.93. The first-order valence-electron chi connectivity index (χ1n) is 9.51. The smallest absolute Gasteiger partial charge is 0.256 e. The van der Waals surface area contributed by atoms with E-state index in [0.717, 1.165) is 12.1 Å². The quantitative estimate of drug-likeness (QED) is 0.683. The summed E-state index contributed by atoms with van der Waals surface area (Å²) in [6.45, 7) is 0.556. The molecular weight excluding hydrogens is 386 g/mol. The van der Waals surface area contributed by atoms with Crippen LogP contribution in [0.4, 0.5) is 11.4 Å². The Kier molecular flexibility index (Phi) is 4.24. The topological polar surface area (TPSA) is 122 Å². The van der Waals surface area contributed by atoms with Crippen molar-refractivity contribution in [3.8, 4) is 5.69 Å². The van der Waals surface area contributed by atoms with Gasteiger partial charge in [-0.25, -0.2) is 4.68 Å². The number of tetrazole rings is 1. The molecule has 150 valence electrons. The highest BCUT2D eigenvalue weighted by molar-refractivity contribution is 6.11. The number of benzene rings is 2. The molecular formula is C20H17N7O3. The van der Waals surface area contributed by atoms with Gasteiger partial charge in [0.1, 0.15) is 12.4 Å². The van der Waals surface area contributed by atoms with Crippen molar-refractivity contribution in [3.63, 3.8) is 0 Å². The third-order valence-corrected chi connectivity index (χ3v) is 5.33. The second-order valence-electron chi connectivity index (χ2n) is 7.16. The Morgan fingerprint density at radius 1 is 1.13 bits per heavy atom. The van der Waals surface area contributed by atoms with Gasteiger partial charge in [-0.15, -0.1) is 5.10 Å². The molecule has 1 atom stereocenters. The van der Waals surface area contributed by atoms with Crippen LogP contribution in [0, 0.1) is 0 Å². The molecule has 1 unspecified atom stereocenters. The zero-order valence-electron chi connectivity index (χ0n) is 15.8. The molecule has 5 rings (SSSR count). The van der Waals surface area contributed by atoms with Crippen LogP contribution in [0.5, 0.6) is 0 Å². The molecule has 3 heterocycles. The van der Waals surface area contributed by atoms with E-state index in [1.165, 1.54) is 11.0 Å². The first-order chi connectivity index (χ1) is 14.6. The first-order valence-corrected chi connectivity index (χ1v) is 9.51. The van der Waals surface area contributed by atoms with Crippen molar-refractivity contribution < 1.29 is 14.4 Å². The fraction of sp³-hybridized carbons (Fsp3) is 0.200. The molecule has 1 fully saturated rings. The van der Waals surface area contributed by atoms with Crippen LogP contribution < -0.4 is 10.6 Å². The molecule has 0 radical (unpaired) electrons. The van der Waals surface area contributed by atoms with Crippen molar-refractivity contribution in [1.82, 2.24) is 25.1 Å². The summed E-state index contributed by atoms with van der Waals surface area (Å²) >= 11 is 0. The Morgan fingerprint density at radius 2 is 1.97 bits per heavy atom. The number of aromatic nitrogens is 4. The predicted octanol–water partition coefficient (Wildman–Crippen LogP) is 1.47. The van der Waals surface area contributed by atoms with E-state index in [1.54, 1.807) is 47.4 Å². The van der Waals surface area contributed by atoms with Crippen LogP contribution in [0.2, 0.25) is 0 Å². The summed E-state index contributed by atoms with van der Waals surface area (Å²) in [6, 6.07) is 11.3. The fourth-order valence-corrected chi connectivity index (χ4v) is 3.81. The highest BCUT2D eigenvalue weighted by atomic mass is 16.2. The van der Waals surface area contributed by atoms with Gasteiger partial charge in [0.2, 0.25) is 5.91 Å². The van der Waals surface area contributed by atoms with Gasteiger partial charge in [0.15, 0.2) is 0 Å². The van der Waals surface area contributed by atoms with Gasteiger partial charge >= 0.3 is 0 Å². The van der Waals surface area contributed by atoms with Crippen LogP contribution in [0.15, 0.2) is 48.8 Å². The molecule has 10 heteroatoms. The Hall–Kier alpha value is -4.08. The molecule has 3 amide bonds. The Bertz CT molecular complexity index is 1140. The number of carbonyl (C=O) groups is 3. The normalized spacial score (nSPS) is 17.7. The van der Waals surface area contributed by atoms with Gasteiger partial charge in [-0.05, 0) is 65.7 Å². The minimum Gasteiger partial charge on any atom is -0.327 e. The Morgan fingerprint density at radius 3 is 2.73 bits per heavy atom. The molecule has 2 aliphatic heterocycles. The lowest BCUT2D eigenvalue weighted by atomic mass is 10.1. The molecule has 3 aromatic rings. The molecule has 2 aliphatic rings. The summed E-state index contributed by atoms with van der Waals surface area (Å²) in [7, 11) is 0. The summed E-state index contributed by atoms with van der Waals surface area (Å²) in [5.41, 5.74) is 2.48. The van der Waals surface area contributed by atoms with E-state index in [4.69, 9.17) is 0 Å². The number of amides is 3. The maximum absolute atomic E-state index is 12.9. The van der Waals surface area contributed by atoms with E-state index >= 15 is 0 Å². The van der Waals surface area contributed by atoms with Crippen molar-refractivity contribution >= 4 is 29.1 Å². The van der Waals surface area contributed by atoms with Gasteiger partial charge in [0.05, 0.1) is 16.9 Å². The van der Waals surface area contributed by atoms with Crippen LogP contribution >= 0.6 is 0 Å². The van der Waals surface area contributed by atoms with Crippen LogP contribution in [-0.4, -0.2) is 55.4 Å². The van der Waals surface area contributed by atoms with Crippen LogP contribution in [-0.2, 0) is 4.79 Å². The third-order valence-electron chi connectivity index (χ3n) is 5.33. The second kappa shape index (κ2) is 7.07. The average Bonchev–Trinajstić information content (AvgIpc) is 3.45. The van der Waals surface area contributed by atoms with Crippen molar-refractivity contribution in [3.05, 3.63) is 59.9 Å². The number of hydrogen-bond acceptors (Lipinski definition) is 6. The lowest BCUT2D eigenvalue weighted by molar-refractivity contribution is -0.119. The van der Waals surface area contributed by atoms with Gasteiger partial charge in [0, 0.05) is 17.8 Å². The molecule has 10 nitrogen and oxygen atoms in total. The van der Waals surface area contributed by atoms with Crippen molar-refractivity contribution in [2.45, 2.75) is 18.9 Å². The van der Waals surface area contributed by atoms with E-state index in [-0.39, 0.29) is 17.7 Å². The number of fused-ring (bicyclic) bond motifs is 2. The molecule has 1 aromatic heterocycles. The van der Waals surface area contributed by atoms with Crippen LogP contribution in [0.25, 0.3) is 5.69 Å². The summed E-state index contributed by atoms with van der Waals surface area (Å²) < 4.78 is 1.49. The second-order valence-corrected chi connectivity index (χ2v) is 7.16. The number of anilines is 2. The van der Waals surface area contributed by atoms with E-state index in [1.807, 2.05) is 0 Å². The zero-order chi connectivity index (χ0) is 20.7. The molecule has 0 spiro atoms. The number of nitrogens with zero attached hydrogens (tertiary/aromatic N) is 5. The van der Waals surface area contributed by atoms with Gasteiger partial charge in [0.25, 0.3) is 11.8 Å². The largest absolute Gasteiger partial charge is 0.327 e. The third kappa shape index (κ3) is 3.08. The molecule has 2 N–H and O–H groups in total.